The maximum Gasteiger partial charge on any atom is 0.232 e. The zero-order chi connectivity index (χ0) is 9.97. The normalized spacial score (nSPS) is 10.1. The van der Waals surface area contributed by atoms with E-state index < -0.39 is 5.95 Å². The Labute approximate surface area is 86.2 Å². The van der Waals surface area contributed by atoms with E-state index in [-0.39, 0.29) is 5.02 Å². The highest BCUT2D eigenvalue weighted by Gasteiger charge is 2.07. The average molecular weight is 208 g/mol. The van der Waals surface area contributed by atoms with E-state index in [1.54, 1.807) is 6.07 Å². The SMILES string of the molecule is Fc1nccc(-c2ccccc2)c1Cl. The maximum atomic E-state index is 13.0. The molecule has 0 N–H and O–H groups in total. The zero-order valence-electron chi connectivity index (χ0n) is 7.24. The van der Waals surface area contributed by atoms with Crippen molar-refractivity contribution in [3.8, 4) is 11.1 Å². The fourth-order valence-corrected chi connectivity index (χ4v) is 1.48. The summed E-state index contributed by atoms with van der Waals surface area (Å²) >= 11 is 5.79. The molecule has 0 saturated carbocycles. The molecule has 0 aliphatic rings. The molecule has 14 heavy (non-hydrogen) atoms. The molecule has 3 heteroatoms. The Morgan fingerprint density at radius 2 is 1.79 bits per heavy atom. The molecule has 1 nitrogen and oxygen atoms in total. The number of benzene rings is 1. The van der Waals surface area contributed by atoms with Gasteiger partial charge in [0.05, 0.1) is 0 Å². The molecule has 0 radical (unpaired) electrons. The Bertz CT molecular complexity index is 442. The second-order valence-corrected chi connectivity index (χ2v) is 3.21. The van der Waals surface area contributed by atoms with Gasteiger partial charge in [0.2, 0.25) is 5.95 Å². The number of nitrogens with zero attached hydrogens (tertiary/aromatic N) is 1. The van der Waals surface area contributed by atoms with E-state index in [0.29, 0.717) is 5.56 Å². The number of halogens is 2. The summed E-state index contributed by atoms with van der Waals surface area (Å²) in [5.41, 5.74) is 1.55. The minimum absolute atomic E-state index is 0.0682. The lowest BCUT2D eigenvalue weighted by Gasteiger charge is -2.03. The van der Waals surface area contributed by atoms with Crippen LogP contribution in [0.1, 0.15) is 0 Å². The van der Waals surface area contributed by atoms with Crippen molar-refractivity contribution in [3.05, 3.63) is 53.6 Å². The summed E-state index contributed by atoms with van der Waals surface area (Å²) in [6.45, 7) is 0. The zero-order valence-corrected chi connectivity index (χ0v) is 8.00. The van der Waals surface area contributed by atoms with Crippen molar-refractivity contribution in [2.24, 2.45) is 0 Å². The van der Waals surface area contributed by atoms with Gasteiger partial charge in [-0.05, 0) is 11.6 Å². The molecule has 0 spiro atoms. The Kier molecular flexibility index (Phi) is 2.46. The smallest absolute Gasteiger partial charge is 0.227 e. The van der Waals surface area contributed by atoms with E-state index in [2.05, 4.69) is 4.98 Å². The average Bonchev–Trinajstić information content (AvgIpc) is 2.23. The molecule has 0 bridgehead atoms. The van der Waals surface area contributed by atoms with Crippen LogP contribution in [0, 0.1) is 5.95 Å². The van der Waals surface area contributed by atoms with Gasteiger partial charge in [-0.25, -0.2) is 4.98 Å². The van der Waals surface area contributed by atoms with E-state index in [1.807, 2.05) is 30.3 Å². The molecular weight excluding hydrogens is 201 g/mol. The van der Waals surface area contributed by atoms with Crippen LogP contribution in [0.25, 0.3) is 11.1 Å². The molecule has 0 fully saturated rings. The number of rotatable bonds is 1. The van der Waals surface area contributed by atoms with Gasteiger partial charge >= 0.3 is 0 Å². The van der Waals surface area contributed by atoms with Gasteiger partial charge in [0.1, 0.15) is 5.02 Å². The number of pyridine rings is 1. The molecule has 1 aromatic heterocycles. The highest BCUT2D eigenvalue weighted by Crippen LogP contribution is 2.28. The van der Waals surface area contributed by atoms with E-state index in [0.717, 1.165) is 5.56 Å². The van der Waals surface area contributed by atoms with Crippen molar-refractivity contribution in [3.63, 3.8) is 0 Å². The van der Waals surface area contributed by atoms with Crippen LogP contribution < -0.4 is 0 Å². The fourth-order valence-electron chi connectivity index (χ4n) is 1.26. The number of hydrogen-bond acceptors (Lipinski definition) is 1. The second-order valence-electron chi connectivity index (χ2n) is 2.83. The first-order valence-electron chi connectivity index (χ1n) is 4.14. The lowest BCUT2D eigenvalue weighted by Crippen LogP contribution is -1.86. The topological polar surface area (TPSA) is 12.9 Å². The van der Waals surface area contributed by atoms with Crippen LogP contribution in [0.4, 0.5) is 4.39 Å². The quantitative estimate of drug-likeness (QED) is 0.652. The van der Waals surface area contributed by atoms with Gasteiger partial charge in [0, 0.05) is 11.8 Å². The summed E-state index contributed by atoms with van der Waals surface area (Å²) < 4.78 is 13.0. The van der Waals surface area contributed by atoms with E-state index >= 15 is 0 Å². The monoisotopic (exact) mass is 207 g/mol. The van der Waals surface area contributed by atoms with Gasteiger partial charge in [-0.1, -0.05) is 41.9 Å². The van der Waals surface area contributed by atoms with Crippen LogP contribution >= 0.6 is 11.6 Å². The first-order valence-corrected chi connectivity index (χ1v) is 4.52. The van der Waals surface area contributed by atoms with E-state index in [9.17, 15) is 4.39 Å². The maximum absolute atomic E-state index is 13.0. The van der Waals surface area contributed by atoms with E-state index in [1.165, 1.54) is 6.20 Å². The molecule has 0 saturated heterocycles. The minimum Gasteiger partial charge on any atom is -0.227 e. The lowest BCUT2D eigenvalue weighted by atomic mass is 10.1. The Morgan fingerprint density at radius 3 is 2.50 bits per heavy atom. The summed E-state index contributed by atoms with van der Waals surface area (Å²) in [5, 5.41) is 0.0682. The Balaban J connectivity index is 2.58. The van der Waals surface area contributed by atoms with Crippen molar-refractivity contribution < 1.29 is 4.39 Å². The first-order chi connectivity index (χ1) is 6.79. The van der Waals surface area contributed by atoms with Gasteiger partial charge in [0.15, 0.2) is 0 Å². The van der Waals surface area contributed by atoms with Crippen molar-refractivity contribution in [2.45, 2.75) is 0 Å². The van der Waals surface area contributed by atoms with Crippen LogP contribution in [0.3, 0.4) is 0 Å². The molecule has 2 aromatic rings. The lowest BCUT2D eigenvalue weighted by molar-refractivity contribution is 0.585. The van der Waals surface area contributed by atoms with Crippen molar-refractivity contribution in [1.82, 2.24) is 4.98 Å². The summed E-state index contributed by atoms with van der Waals surface area (Å²) in [7, 11) is 0. The molecule has 0 aliphatic heterocycles. The van der Waals surface area contributed by atoms with Crippen LogP contribution in [-0.4, -0.2) is 4.98 Å². The second kappa shape index (κ2) is 3.76. The predicted molar refractivity (Wildman–Crippen MR) is 54.6 cm³/mol. The molecule has 1 aromatic carbocycles. The summed E-state index contributed by atoms with van der Waals surface area (Å²) in [6, 6.07) is 11.1. The Hall–Kier alpha value is -1.41. The molecule has 2 rings (SSSR count). The summed E-state index contributed by atoms with van der Waals surface area (Å²) in [6.07, 6.45) is 1.41. The molecule has 0 unspecified atom stereocenters. The van der Waals surface area contributed by atoms with Gasteiger partial charge in [0.25, 0.3) is 0 Å². The third-order valence-electron chi connectivity index (χ3n) is 1.93. The summed E-state index contributed by atoms with van der Waals surface area (Å²) in [5.74, 6) is -0.631. The minimum atomic E-state index is -0.631. The van der Waals surface area contributed by atoms with Crippen molar-refractivity contribution >= 4 is 11.6 Å². The van der Waals surface area contributed by atoms with Crippen LogP contribution in [-0.2, 0) is 0 Å². The van der Waals surface area contributed by atoms with Crippen molar-refractivity contribution in [2.75, 3.05) is 0 Å². The molecule has 70 valence electrons. The van der Waals surface area contributed by atoms with Crippen LogP contribution in [0.2, 0.25) is 5.02 Å². The molecule has 0 atom stereocenters. The van der Waals surface area contributed by atoms with E-state index in [4.69, 9.17) is 11.6 Å². The van der Waals surface area contributed by atoms with Gasteiger partial charge < -0.3 is 0 Å². The largest absolute Gasteiger partial charge is 0.232 e. The molecule has 1 heterocycles. The van der Waals surface area contributed by atoms with Crippen molar-refractivity contribution in [1.29, 1.82) is 0 Å². The number of aromatic nitrogens is 1. The highest BCUT2D eigenvalue weighted by molar-refractivity contribution is 6.33. The summed E-state index contributed by atoms with van der Waals surface area (Å²) in [4.78, 5) is 3.47. The standard InChI is InChI=1S/C11H7ClFN/c12-10-9(6-7-14-11(10)13)8-4-2-1-3-5-8/h1-7H. The molecular formula is C11H7ClFN. The first kappa shape index (κ1) is 9.16. The molecule has 0 aliphatic carbocycles. The highest BCUT2D eigenvalue weighted by atomic mass is 35.5. The van der Waals surface area contributed by atoms with Gasteiger partial charge in [-0.3, -0.25) is 0 Å². The van der Waals surface area contributed by atoms with Gasteiger partial charge in [-0.2, -0.15) is 4.39 Å². The predicted octanol–water partition coefficient (Wildman–Crippen LogP) is 3.54. The number of hydrogen-bond donors (Lipinski definition) is 0. The molecule has 0 amide bonds. The van der Waals surface area contributed by atoms with Crippen LogP contribution in [0.15, 0.2) is 42.6 Å². The van der Waals surface area contributed by atoms with Crippen LogP contribution in [0.5, 0.6) is 0 Å². The Morgan fingerprint density at radius 1 is 1.07 bits per heavy atom. The third-order valence-corrected chi connectivity index (χ3v) is 2.29. The fraction of sp³-hybridized carbons (Fsp3) is 0. The third kappa shape index (κ3) is 1.61. The van der Waals surface area contributed by atoms with Gasteiger partial charge in [-0.15, -0.1) is 0 Å².